The Kier molecular flexibility index (Phi) is 3.96. The molecule has 18 heavy (non-hydrogen) atoms. The summed E-state index contributed by atoms with van der Waals surface area (Å²) in [6.45, 7) is 2.82. The zero-order valence-corrected chi connectivity index (χ0v) is 11.5. The fourth-order valence-electron chi connectivity index (χ4n) is 1.59. The summed E-state index contributed by atoms with van der Waals surface area (Å²) in [6.07, 6.45) is 1.67. The van der Waals surface area contributed by atoms with Crippen molar-refractivity contribution < 1.29 is 0 Å². The first-order chi connectivity index (χ1) is 8.69. The van der Waals surface area contributed by atoms with Gasteiger partial charge >= 0.3 is 0 Å². The van der Waals surface area contributed by atoms with Gasteiger partial charge in [0.1, 0.15) is 11.8 Å². The van der Waals surface area contributed by atoms with Crippen molar-refractivity contribution in [1.82, 2.24) is 4.98 Å². The maximum atomic E-state index is 8.67. The molecule has 0 bridgehead atoms. The van der Waals surface area contributed by atoms with E-state index in [1.54, 1.807) is 12.3 Å². The monoisotopic (exact) mass is 301 g/mol. The summed E-state index contributed by atoms with van der Waals surface area (Å²) in [4.78, 5) is 4.02. The average Bonchev–Trinajstić information content (AvgIpc) is 2.40. The molecule has 0 saturated heterocycles. The third-order valence-corrected chi connectivity index (χ3v) is 3.17. The highest BCUT2D eigenvalue weighted by atomic mass is 79.9. The number of pyridine rings is 1. The van der Waals surface area contributed by atoms with Crippen LogP contribution in [0, 0.1) is 18.3 Å². The van der Waals surface area contributed by atoms with Crippen LogP contribution in [0.2, 0.25) is 0 Å². The summed E-state index contributed by atoms with van der Waals surface area (Å²) in [5.41, 5.74) is 3.81. The van der Waals surface area contributed by atoms with Crippen molar-refractivity contribution in [3.63, 3.8) is 0 Å². The first kappa shape index (κ1) is 12.6. The van der Waals surface area contributed by atoms with Crippen molar-refractivity contribution in [2.45, 2.75) is 13.5 Å². The van der Waals surface area contributed by atoms with Crippen LogP contribution >= 0.6 is 15.9 Å². The van der Waals surface area contributed by atoms with E-state index in [1.165, 1.54) is 11.1 Å². The number of hydrogen-bond acceptors (Lipinski definition) is 3. The molecule has 0 aliphatic rings. The minimum Gasteiger partial charge on any atom is -0.380 e. The molecular weight excluding hydrogens is 290 g/mol. The van der Waals surface area contributed by atoms with E-state index in [9.17, 15) is 0 Å². The number of nitrogens with zero attached hydrogens (tertiary/aromatic N) is 2. The molecule has 1 aromatic heterocycles. The van der Waals surface area contributed by atoms with Crippen LogP contribution in [-0.2, 0) is 6.54 Å². The molecule has 90 valence electrons. The predicted octanol–water partition coefficient (Wildman–Crippen LogP) is 3.64. The van der Waals surface area contributed by atoms with Gasteiger partial charge in [0.25, 0.3) is 0 Å². The minimum absolute atomic E-state index is 0.430. The van der Waals surface area contributed by atoms with E-state index in [-0.39, 0.29) is 0 Å². The molecule has 3 nitrogen and oxygen atoms in total. The lowest BCUT2D eigenvalue weighted by atomic mass is 10.1. The Morgan fingerprint density at radius 2 is 2.17 bits per heavy atom. The van der Waals surface area contributed by atoms with Gasteiger partial charge in [0.05, 0.1) is 11.9 Å². The van der Waals surface area contributed by atoms with Gasteiger partial charge in [-0.2, -0.15) is 5.26 Å². The van der Waals surface area contributed by atoms with E-state index in [0.717, 1.165) is 16.7 Å². The van der Waals surface area contributed by atoms with Crippen LogP contribution in [-0.4, -0.2) is 4.98 Å². The van der Waals surface area contributed by atoms with E-state index >= 15 is 0 Å². The SMILES string of the molecule is Cc1ccc(Br)cc1CNc1ccc(C#N)nc1. The number of hydrogen-bond donors (Lipinski definition) is 1. The maximum Gasteiger partial charge on any atom is 0.140 e. The van der Waals surface area contributed by atoms with Crippen LogP contribution in [0.1, 0.15) is 16.8 Å². The quantitative estimate of drug-likeness (QED) is 0.941. The number of rotatable bonds is 3. The standard InChI is InChI=1S/C14H12BrN3/c1-10-2-3-12(15)6-11(10)8-17-14-5-4-13(7-16)18-9-14/h2-6,9,17H,8H2,1H3. The molecule has 0 saturated carbocycles. The molecule has 4 heteroatoms. The Labute approximate surface area is 115 Å². The molecule has 0 atom stereocenters. The summed E-state index contributed by atoms with van der Waals surface area (Å²) in [5.74, 6) is 0. The molecule has 0 fully saturated rings. The van der Waals surface area contributed by atoms with E-state index in [1.807, 2.05) is 18.2 Å². The lowest BCUT2D eigenvalue weighted by Crippen LogP contribution is -2.01. The van der Waals surface area contributed by atoms with Gasteiger partial charge in [0.2, 0.25) is 0 Å². The number of aromatic nitrogens is 1. The smallest absolute Gasteiger partial charge is 0.140 e. The Morgan fingerprint density at radius 1 is 1.33 bits per heavy atom. The number of nitriles is 1. The van der Waals surface area contributed by atoms with Crippen LogP contribution in [0.5, 0.6) is 0 Å². The Morgan fingerprint density at radius 3 is 2.83 bits per heavy atom. The van der Waals surface area contributed by atoms with Crippen LogP contribution in [0.15, 0.2) is 41.0 Å². The normalized spacial score (nSPS) is 9.83. The zero-order chi connectivity index (χ0) is 13.0. The minimum atomic E-state index is 0.430. The maximum absolute atomic E-state index is 8.67. The molecule has 2 aromatic rings. The van der Waals surface area contributed by atoms with Crippen molar-refractivity contribution in [2.24, 2.45) is 0 Å². The molecule has 0 aliphatic heterocycles. The van der Waals surface area contributed by atoms with Crippen molar-refractivity contribution in [2.75, 3.05) is 5.32 Å². The average molecular weight is 302 g/mol. The van der Waals surface area contributed by atoms with E-state index in [2.05, 4.69) is 45.3 Å². The molecule has 1 N–H and O–H groups in total. The lowest BCUT2D eigenvalue weighted by molar-refractivity contribution is 1.10. The van der Waals surface area contributed by atoms with Gasteiger partial charge < -0.3 is 5.32 Å². The largest absolute Gasteiger partial charge is 0.380 e. The second kappa shape index (κ2) is 5.65. The molecule has 2 rings (SSSR count). The van der Waals surface area contributed by atoms with Gasteiger partial charge in [-0.3, -0.25) is 0 Å². The second-order valence-corrected chi connectivity index (χ2v) is 4.88. The molecule has 0 unspecified atom stereocenters. The number of nitrogens with one attached hydrogen (secondary N) is 1. The summed E-state index contributed by atoms with van der Waals surface area (Å²) in [5, 5.41) is 12.0. The first-order valence-electron chi connectivity index (χ1n) is 5.54. The lowest BCUT2D eigenvalue weighted by Gasteiger charge is -2.09. The Balaban J connectivity index is 2.07. The van der Waals surface area contributed by atoms with Gasteiger partial charge in [0, 0.05) is 11.0 Å². The number of benzene rings is 1. The van der Waals surface area contributed by atoms with Crippen molar-refractivity contribution in [3.8, 4) is 6.07 Å². The van der Waals surface area contributed by atoms with Gasteiger partial charge in [-0.05, 0) is 42.3 Å². The fourth-order valence-corrected chi connectivity index (χ4v) is 2.00. The molecule has 0 spiro atoms. The Hall–Kier alpha value is -1.86. The van der Waals surface area contributed by atoms with Crippen molar-refractivity contribution >= 4 is 21.6 Å². The van der Waals surface area contributed by atoms with Gasteiger partial charge in [-0.15, -0.1) is 0 Å². The topological polar surface area (TPSA) is 48.7 Å². The summed E-state index contributed by atoms with van der Waals surface area (Å²) in [6, 6.07) is 11.8. The Bertz CT molecular complexity index is 585. The van der Waals surface area contributed by atoms with Crippen LogP contribution < -0.4 is 5.32 Å². The second-order valence-electron chi connectivity index (χ2n) is 3.97. The number of halogens is 1. The summed E-state index contributed by atoms with van der Waals surface area (Å²) < 4.78 is 1.07. The first-order valence-corrected chi connectivity index (χ1v) is 6.33. The van der Waals surface area contributed by atoms with Crippen molar-refractivity contribution in [3.05, 3.63) is 57.8 Å². The molecule has 1 heterocycles. The highest BCUT2D eigenvalue weighted by molar-refractivity contribution is 9.10. The van der Waals surface area contributed by atoms with E-state index < -0.39 is 0 Å². The van der Waals surface area contributed by atoms with E-state index in [4.69, 9.17) is 5.26 Å². The van der Waals surface area contributed by atoms with Crippen LogP contribution in [0.3, 0.4) is 0 Å². The molecule has 1 aromatic carbocycles. The summed E-state index contributed by atoms with van der Waals surface area (Å²) >= 11 is 3.47. The number of aryl methyl sites for hydroxylation is 1. The number of anilines is 1. The van der Waals surface area contributed by atoms with Crippen LogP contribution in [0.25, 0.3) is 0 Å². The van der Waals surface area contributed by atoms with Crippen LogP contribution in [0.4, 0.5) is 5.69 Å². The third-order valence-electron chi connectivity index (χ3n) is 2.67. The molecule has 0 radical (unpaired) electrons. The fraction of sp³-hybridized carbons (Fsp3) is 0.143. The molecular formula is C14H12BrN3. The molecule has 0 amide bonds. The summed E-state index contributed by atoms with van der Waals surface area (Å²) in [7, 11) is 0. The highest BCUT2D eigenvalue weighted by Gasteiger charge is 2.00. The van der Waals surface area contributed by atoms with Gasteiger partial charge in [0.15, 0.2) is 0 Å². The third kappa shape index (κ3) is 3.08. The predicted molar refractivity (Wildman–Crippen MR) is 75.2 cm³/mol. The van der Waals surface area contributed by atoms with Crippen molar-refractivity contribution in [1.29, 1.82) is 5.26 Å². The van der Waals surface area contributed by atoms with Gasteiger partial charge in [-0.25, -0.2) is 4.98 Å². The van der Waals surface area contributed by atoms with E-state index in [0.29, 0.717) is 5.69 Å². The zero-order valence-electron chi connectivity index (χ0n) is 9.94. The molecule has 0 aliphatic carbocycles. The highest BCUT2D eigenvalue weighted by Crippen LogP contribution is 2.17. The van der Waals surface area contributed by atoms with Gasteiger partial charge in [-0.1, -0.05) is 22.0 Å².